The van der Waals surface area contributed by atoms with Crippen molar-refractivity contribution >= 4 is 11.8 Å². The Labute approximate surface area is 124 Å². The van der Waals surface area contributed by atoms with Crippen LogP contribution >= 0.6 is 0 Å². The summed E-state index contributed by atoms with van der Waals surface area (Å²) in [5.74, 6) is -1.12. The Balaban J connectivity index is 1.90. The third kappa shape index (κ3) is 4.26. The van der Waals surface area contributed by atoms with E-state index < -0.39 is 11.8 Å². The summed E-state index contributed by atoms with van der Waals surface area (Å²) < 4.78 is 0. The fraction of sp³-hybridized carbons (Fsp3) is 0.533. The molecule has 0 bridgehead atoms. The summed E-state index contributed by atoms with van der Waals surface area (Å²) >= 11 is 0. The summed E-state index contributed by atoms with van der Waals surface area (Å²) in [6, 6.07) is 5.39. The molecule has 2 amide bonds. The number of likely N-dealkylation sites (tertiary alicyclic amines) is 1. The molecule has 2 heterocycles. The van der Waals surface area contributed by atoms with Gasteiger partial charge in [-0.05, 0) is 37.8 Å². The van der Waals surface area contributed by atoms with E-state index in [1.807, 2.05) is 6.07 Å². The number of piperidine rings is 1. The molecular weight excluding hydrogens is 270 g/mol. The summed E-state index contributed by atoms with van der Waals surface area (Å²) in [5, 5.41) is 11.7. The van der Waals surface area contributed by atoms with Crippen LogP contribution in [0.3, 0.4) is 0 Å². The van der Waals surface area contributed by atoms with E-state index in [1.165, 1.54) is 0 Å². The van der Waals surface area contributed by atoms with Gasteiger partial charge in [-0.3, -0.25) is 14.6 Å². The maximum absolute atomic E-state index is 12.2. The fourth-order valence-electron chi connectivity index (χ4n) is 2.60. The minimum Gasteiger partial charge on any atom is -0.396 e. The first-order valence-electron chi connectivity index (χ1n) is 7.32. The van der Waals surface area contributed by atoms with E-state index >= 15 is 0 Å². The van der Waals surface area contributed by atoms with E-state index in [0.29, 0.717) is 18.7 Å². The molecule has 0 saturated carbocycles. The molecule has 1 saturated heterocycles. The number of carbonyl (C=O) groups excluding carboxylic acids is 2. The van der Waals surface area contributed by atoms with Gasteiger partial charge in [0.25, 0.3) is 0 Å². The van der Waals surface area contributed by atoms with Gasteiger partial charge in [-0.25, -0.2) is 0 Å². The standard InChI is InChI=1S/C15H21N3O3/c19-10-7-13-6-2-4-9-18(13)15(21)14(20)17-11-12-5-1-3-8-16-12/h1,3,5,8,13,19H,2,4,6-7,9-11H2,(H,17,20). The van der Waals surface area contributed by atoms with Crippen molar-refractivity contribution in [1.29, 1.82) is 0 Å². The quantitative estimate of drug-likeness (QED) is 0.790. The number of aliphatic hydroxyl groups excluding tert-OH is 1. The first kappa shape index (κ1) is 15.4. The van der Waals surface area contributed by atoms with Crippen LogP contribution in [0.1, 0.15) is 31.4 Å². The van der Waals surface area contributed by atoms with Crippen molar-refractivity contribution < 1.29 is 14.7 Å². The molecule has 6 heteroatoms. The van der Waals surface area contributed by atoms with Crippen LogP contribution in [0.4, 0.5) is 0 Å². The first-order valence-corrected chi connectivity index (χ1v) is 7.32. The number of nitrogens with zero attached hydrogens (tertiary/aromatic N) is 2. The molecule has 2 N–H and O–H groups in total. The van der Waals surface area contributed by atoms with Crippen LogP contribution in [0.25, 0.3) is 0 Å². The Morgan fingerprint density at radius 3 is 2.95 bits per heavy atom. The first-order chi connectivity index (χ1) is 10.2. The lowest BCUT2D eigenvalue weighted by Gasteiger charge is -2.34. The molecule has 1 unspecified atom stereocenters. The van der Waals surface area contributed by atoms with Crippen molar-refractivity contribution in [3.05, 3.63) is 30.1 Å². The number of nitrogens with one attached hydrogen (secondary N) is 1. The normalized spacial score (nSPS) is 18.3. The SMILES string of the molecule is O=C(NCc1ccccn1)C(=O)N1CCCCC1CCO. The number of pyridine rings is 1. The molecule has 114 valence electrons. The van der Waals surface area contributed by atoms with Gasteiger partial charge in [-0.15, -0.1) is 0 Å². The van der Waals surface area contributed by atoms with Crippen LogP contribution in [0.5, 0.6) is 0 Å². The highest BCUT2D eigenvalue weighted by Crippen LogP contribution is 2.19. The summed E-state index contributed by atoms with van der Waals surface area (Å²) in [4.78, 5) is 29.9. The van der Waals surface area contributed by atoms with Crippen molar-refractivity contribution in [2.45, 2.75) is 38.3 Å². The van der Waals surface area contributed by atoms with Gasteiger partial charge in [-0.1, -0.05) is 6.07 Å². The van der Waals surface area contributed by atoms with Gasteiger partial charge in [0.05, 0.1) is 12.2 Å². The molecule has 0 aliphatic carbocycles. The molecule has 1 atom stereocenters. The molecular formula is C15H21N3O3. The topological polar surface area (TPSA) is 82.5 Å². The van der Waals surface area contributed by atoms with Gasteiger partial charge >= 0.3 is 11.8 Å². The van der Waals surface area contributed by atoms with Crippen LogP contribution in [-0.4, -0.2) is 46.0 Å². The summed E-state index contributed by atoms with van der Waals surface area (Å²) in [6.07, 6.45) is 4.95. The van der Waals surface area contributed by atoms with Crippen molar-refractivity contribution in [3.8, 4) is 0 Å². The minimum atomic E-state index is -0.606. The smallest absolute Gasteiger partial charge is 0.312 e. The van der Waals surface area contributed by atoms with E-state index in [-0.39, 0.29) is 19.2 Å². The molecule has 0 radical (unpaired) electrons. The van der Waals surface area contributed by atoms with Crippen molar-refractivity contribution in [3.63, 3.8) is 0 Å². The molecule has 0 spiro atoms. The van der Waals surface area contributed by atoms with Crippen LogP contribution in [-0.2, 0) is 16.1 Å². The Morgan fingerprint density at radius 1 is 1.38 bits per heavy atom. The summed E-state index contributed by atoms with van der Waals surface area (Å²) in [6.45, 7) is 0.856. The second kappa shape index (κ2) is 7.73. The maximum Gasteiger partial charge on any atom is 0.312 e. The third-order valence-corrected chi connectivity index (χ3v) is 3.70. The number of hydrogen-bond donors (Lipinski definition) is 2. The number of aliphatic hydroxyl groups is 1. The van der Waals surface area contributed by atoms with E-state index in [1.54, 1.807) is 23.2 Å². The average Bonchev–Trinajstić information content (AvgIpc) is 2.54. The molecule has 1 aliphatic rings. The van der Waals surface area contributed by atoms with Crippen LogP contribution in [0.15, 0.2) is 24.4 Å². The number of rotatable bonds is 4. The van der Waals surface area contributed by atoms with Gasteiger partial charge in [0.15, 0.2) is 0 Å². The Kier molecular flexibility index (Phi) is 5.68. The van der Waals surface area contributed by atoms with Gasteiger partial charge in [-0.2, -0.15) is 0 Å². The van der Waals surface area contributed by atoms with E-state index in [4.69, 9.17) is 5.11 Å². The Morgan fingerprint density at radius 2 is 2.24 bits per heavy atom. The molecule has 0 aromatic carbocycles. The fourth-order valence-corrected chi connectivity index (χ4v) is 2.60. The average molecular weight is 291 g/mol. The van der Waals surface area contributed by atoms with Crippen LogP contribution < -0.4 is 5.32 Å². The van der Waals surface area contributed by atoms with E-state index in [9.17, 15) is 9.59 Å². The zero-order valence-electron chi connectivity index (χ0n) is 12.0. The summed E-state index contributed by atoms with van der Waals surface area (Å²) in [7, 11) is 0. The summed E-state index contributed by atoms with van der Waals surface area (Å²) in [5.41, 5.74) is 0.712. The Bertz CT molecular complexity index is 476. The highest BCUT2D eigenvalue weighted by atomic mass is 16.3. The molecule has 1 aliphatic heterocycles. The molecule has 6 nitrogen and oxygen atoms in total. The van der Waals surface area contributed by atoms with E-state index in [0.717, 1.165) is 19.3 Å². The predicted molar refractivity (Wildman–Crippen MR) is 77.1 cm³/mol. The van der Waals surface area contributed by atoms with Gasteiger partial charge in [0.2, 0.25) is 0 Å². The Hall–Kier alpha value is -1.95. The van der Waals surface area contributed by atoms with Gasteiger partial charge in [0.1, 0.15) is 0 Å². The zero-order chi connectivity index (χ0) is 15.1. The number of carbonyl (C=O) groups is 2. The van der Waals surface area contributed by atoms with Crippen molar-refractivity contribution in [1.82, 2.24) is 15.2 Å². The second-order valence-corrected chi connectivity index (χ2v) is 5.16. The van der Waals surface area contributed by atoms with Crippen molar-refractivity contribution in [2.24, 2.45) is 0 Å². The second-order valence-electron chi connectivity index (χ2n) is 5.16. The highest BCUT2D eigenvalue weighted by molar-refractivity contribution is 6.35. The lowest BCUT2D eigenvalue weighted by Crippen LogP contribution is -2.50. The molecule has 1 aromatic heterocycles. The number of aromatic nitrogens is 1. The molecule has 1 aromatic rings. The molecule has 2 rings (SSSR count). The third-order valence-electron chi connectivity index (χ3n) is 3.70. The van der Waals surface area contributed by atoms with Gasteiger partial charge in [0, 0.05) is 25.4 Å². The molecule has 1 fully saturated rings. The van der Waals surface area contributed by atoms with Crippen LogP contribution in [0, 0.1) is 0 Å². The minimum absolute atomic E-state index is 0.0307. The van der Waals surface area contributed by atoms with Crippen LogP contribution in [0.2, 0.25) is 0 Å². The lowest BCUT2D eigenvalue weighted by atomic mass is 9.99. The highest BCUT2D eigenvalue weighted by Gasteiger charge is 2.30. The number of hydrogen-bond acceptors (Lipinski definition) is 4. The molecule has 21 heavy (non-hydrogen) atoms. The van der Waals surface area contributed by atoms with E-state index in [2.05, 4.69) is 10.3 Å². The zero-order valence-corrected chi connectivity index (χ0v) is 12.0. The van der Waals surface area contributed by atoms with Crippen molar-refractivity contribution in [2.75, 3.05) is 13.2 Å². The predicted octanol–water partition coefficient (Wildman–Crippen LogP) is 0.461. The maximum atomic E-state index is 12.2. The monoisotopic (exact) mass is 291 g/mol. The van der Waals surface area contributed by atoms with Gasteiger partial charge < -0.3 is 15.3 Å². The number of amides is 2. The largest absolute Gasteiger partial charge is 0.396 e. The lowest BCUT2D eigenvalue weighted by molar-refractivity contribution is -0.148.